The molecule has 1 saturated carbocycles. The SMILES string of the molecule is O=C(C=Cc1ccccc1)NC1CC2CCCC(C1)N2C1CC1. The first-order valence-corrected chi connectivity index (χ1v) is 9.10. The lowest BCUT2D eigenvalue weighted by Gasteiger charge is -2.49. The maximum absolute atomic E-state index is 12.2. The van der Waals surface area contributed by atoms with Crippen molar-refractivity contribution in [2.75, 3.05) is 0 Å². The van der Waals surface area contributed by atoms with Crippen LogP contribution in [0.3, 0.4) is 0 Å². The first-order chi connectivity index (χ1) is 11.3. The third kappa shape index (κ3) is 3.50. The Hall–Kier alpha value is -1.61. The summed E-state index contributed by atoms with van der Waals surface area (Å²) in [5.41, 5.74) is 1.07. The molecule has 4 rings (SSSR count). The van der Waals surface area contributed by atoms with Gasteiger partial charge in [-0.2, -0.15) is 0 Å². The lowest BCUT2D eigenvalue weighted by molar-refractivity contribution is -0.118. The van der Waals surface area contributed by atoms with E-state index in [1.807, 2.05) is 36.4 Å². The van der Waals surface area contributed by atoms with E-state index in [0.717, 1.165) is 24.4 Å². The predicted molar refractivity (Wildman–Crippen MR) is 92.9 cm³/mol. The van der Waals surface area contributed by atoms with Crippen LogP contribution in [0.5, 0.6) is 0 Å². The van der Waals surface area contributed by atoms with Crippen LogP contribution < -0.4 is 5.32 Å². The van der Waals surface area contributed by atoms with Gasteiger partial charge in [0.05, 0.1) is 0 Å². The van der Waals surface area contributed by atoms with E-state index in [2.05, 4.69) is 10.2 Å². The van der Waals surface area contributed by atoms with Crippen molar-refractivity contribution in [2.24, 2.45) is 0 Å². The number of nitrogens with one attached hydrogen (secondary N) is 1. The lowest BCUT2D eigenvalue weighted by Crippen LogP contribution is -2.57. The molecule has 3 nitrogen and oxygen atoms in total. The summed E-state index contributed by atoms with van der Waals surface area (Å²) in [5, 5.41) is 3.25. The zero-order valence-corrected chi connectivity index (χ0v) is 13.7. The monoisotopic (exact) mass is 310 g/mol. The van der Waals surface area contributed by atoms with Crippen LogP contribution in [-0.2, 0) is 4.79 Å². The van der Waals surface area contributed by atoms with Gasteiger partial charge in [0, 0.05) is 30.2 Å². The number of fused-ring (bicyclic) bond motifs is 2. The van der Waals surface area contributed by atoms with Gasteiger partial charge in [0.25, 0.3) is 0 Å². The topological polar surface area (TPSA) is 32.3 Å². The van der Waals surface area contributed by atoms with Gasteiger partial charge < -0.3 is 5.32 Å². The largest absolute Gasteiger partial charge is 0.350 e. The fraction of sp³-hybridized carbons (Fsp3) is 0.550. The third-order valence-electron chi connectivity index (χ3n) is 5.57. The van der Waals surface area contributed by atoms with E-state index in [-0.39, 0.29) is 5.91 Å². The van der Waals surface area contributed by atoms with Gasteiger partial charge in [-0.05, 0) is 50.2 Å². The molecule has 122 valence electrons. The predicted octanol–water partition coefficient (Wildman–Crippen LogP) is 3.36. The van der Waals surface area contributed by atoms with Crippen LogP contribution in [0.4, 0.5) is 0 Å². The number of carbonyl (C=O) groups is 1. The summed E-state index contributed by atoms with van der Waals surface area (Å²) in [4.78, 5) is 15.0. The van der Waals surface area contributed by atoms with Crippen LogP contribution in [-0.4, -0.2) is 35.0 Å². The number of piperidine rings is 2. The molecule has 0 radical (unpaired) electrons. The molecule has 1 aliphatic carbocycles. The minimum Gasteiger partial charge on any atom is -0.350 e. The van der Waals surface area contributed by atoms with Gasteiger partial charge in [-0.15, -0.1) is 0 Å². The molecule has 2 atom stereocenters. The molecule has 0 spiro atoms. The minimum atomic E-state index is 0.0526. The zero-order chi connectivity index (χ0) is 15.6. The molecule has 2 aliphatic heterocycles. The second-order valence-electron chi connectivity index (χ2n) is 7.34. The lowest BCUT2D eigenvalue weighted by atomic mass is 9.81. The number of hydrogen-bond acceptors (Lipinski definition) is 2. The standard InChI is InChI=1S/C20H26N2O/c23-20(12-9-15-5-2-1-3-6-15)21-16-13-18-7-4-8-19(14-16)22(18)17-10-11-17/h1-3,5-6,9,12,16-19H,4,7-8,10-11,13-14H2,(H,21,23). The number of amides is 1. The van der Waals surface area contributed by atoms with E-state index in [1.165, 1.54) is 32.1 Å². The second kappa shape index (κ2) is 6.48. The van der Waals surface area contributed by atoms with Crippen LogP contribution in [0.25, 0.3) is 6.08 Å². The van der Waals surface area contributed by atoms with Crippen LogP contribution >= 0.6 is 0 Å². The van der Waals surface area contributed by atoms with Crippen molar-refractivity contribution < 1.29 is 4.79 Å². The van der Waals surface area contributed by atoms with E-state index < -0.39 is 0 Å². The molecule has 2 saturated heterocycles. The maximum atomic E-state index is 12.2. The molecule has 0 aromatic heterocycles. The van der Waals surface area contributed by atoms with Crippen LogP contribution in [0, 0.1) is 0 Å². The number of carbonyl (C=O) groups excluding carboxylic acids is 1. The molecule has 1 aromatic rings. The number of benzene rings is 1. The fourth-order valence-corrected chi connectivity index (χ4v) is 4.49. The van der Waals surface area contributed by atoms with E-state index in [0.29, 0.717) is 18.1 Å². The Labute approximate surface area is 138 Å². The van der Waals surface area contributed by atoms with Gasteiger partial charge >= 0.3 is 0 Å². The highest BCUT2D eigenvalue weighted by molar-refractivity contribution is 5.91. The van der Waals surface area contributed by atoms with Crippen molar-refractivity contribution in [3.05, 3.63) is 42.0 Å². The highest BCUT2D eigenvalue weighted by Gasteiger charge is 2.44. The summed E-state index contributed by atoms with van der Waals surface area (Å²) < 4.78 is 0. The minimum absolute atomic E-state index is 0.0526. The Kier molecular flexibility index (Phi) is 4.21. The van der Waals surface area contributed by atoms with E-state index in [1.54, 1.807) is 6.08 Å². The molecule has 3 aliphatic rings. The third-order valence-corrected chi connectivity index (χ3v) is 5.57. The van der Waals surface area contributed by atoms with E-state index >= 15 is 0 Å². The summed E-state index contributed by atoms with van der Waals surface area (Å²) in [6.07, 6.45) is 12.6. The summed E-state index contributed by atoms with van der Waals surface area (Å²) >= 11 is 0. The highest BCUT2D eigenvalue weighted by Crippen LogP contribution is 2.41. The molecule has 1 N–H and O–H groups in total. The Morgan fingerprint density at radius 2 is 1.70 bits per heavy atom. The van der Waals surface area contributed by atoms with Gasteiger partial charge in [0.2, 0.25) is 5.91 Å². The molecule has 2 heterocycles. The average molecular weight is 310 g/mol. The smallest absolute Gasteiger partial charge is 0.244 e. The van der Waals surface area contributed by atoms with E-state index in [4.69, 9.17) is 0 Å². The average Bonchev–Trinajstić information content (AvgIpc) is 3.38. The van der Waals surface area contributed by atoms with Crippen LogP contribution in [0.15, 0.2) is 36.4 Å². The zero-order valence-electron chi connectivity index (χ0n) is 13.7. The normalized spacial score (nSPS) is 31.2. The van der Waals surface area contributed by atoms with Gasteiger partial charge in [0.1, 0.15) is 0 Å². The summed E-state index contributed by atoms with van der Waals surface area (Å²) in [5.74, 6) is 0.0526. The van der Waals surface area contributed by atoms with Crippen molar-refractivity contribution in [3.8, 4) is 0 Å². The van der Waals surface area contributed by atoms with Crippen LogP contribution in [0.1, 0.15) is 50.5 Å². The van der Waals surface area contributed by atoms with Gasteiger partial charge in [-0.3, -0.25) is 9.69 Å². The number of rotatable bonds is 4. The highest BCUT2D eigenvalue weighted by atomic mass is 16.1. The number of hydrogen-bond donors (Lipinski definition) is 1. The quantitative estimate of drug-likeness (QED) is 0.865. The molecule has 23 heavy (non-hydrogen) atoms. The molecule has 1 amide bonds. The van der Waals surface area contributed by atoms with Crippen LogP contribution in [0.2, 0.25) is 0 Å². The Balaban J connectivity index is 1.34. The van der Waals surface area contributed by atoms with Crippen molar-refractivity contribution in [1.82, 2.24) is 10.2 Å². The van der Waals surface area contributed by atoms with Crippen molar-refractivity contribution in [2.45, 2.75) is 69.1 Å². The number of nitrogens with zero attached hydrogens (tertiary/aromatic N) is 1. The van der Waals surface area contributed by atoms with Gasteiger partial charge in [-0.25, -0.2) is 0 Å². The summed E-state index contributed by atoms with van der Waals surface area (Å²) in [7, 11) is 0. The summed E-state index contributed by atoms with van der Waals surface area (Å²) in [6.45, 7) is 0. The van der Waals surface area contributed by atoms with Crippen molar-refractivity contribution in [3.63, 3.8) is 0 Å². The Bertz CT molecular complexity index is 565. The van der Waals surface area contributed by atoms with E-state index in [9.17, 15) is 4.79 Å². The molecule has 1 aromatic carbocycles. The molecule has 3 fully saturated rings. The fourth-order valence-electron chi connectivity index (χ4n) is 4.49. The molecule has 2 bridgehead atoms. The van der Waals surface area contributed by atoms with Gasteiger partial charge in [-0.1, -0.05) is 36.8 Å². The summed E-state index contributed by atoms with van der Waals surface area (Å²) in [6, 6.07) is 12.6. The Morgan fingerprint density at radius 3 is 2.35 bits per heavy atom. The molecular formula is C20H26N2O. The second-order valence-corrected chi connectivity index (χ2v) is 7.34. The van der Waals surface area contributed by atoms with Crippen molar-refractivity contribution >= 4 is 12.0 Å². The van der Waals surface area contributed by atoms with Gasteiger partial charge in [0.15, 0.2) is 0 Å². The molecule has 2 unspecified atom stereocenters. The maximum Gasteiger partial charge on any atom is 0.244 e. The Morgan fingerprint density at radius 1 is 1.00 bits per heavy atom. The first-order valence-electron chi connectivity index (χ1n) is 9.10. The molecular weight excluding hydrogens is 284 g/mol. The molecule has 3 heteroatoms. The van der Waals surface area contributed by atoms with Crippen molar-refractivity contribution in [1.29, 1.82) is 0 Å². The first kappa shape index (κ1) is 14.9.